The summed E-state index contributed by atoms with van der Waals surface area (Å²) >= 11 is 0. The summed E-state index contributed by atoms with van der Waals surface area (Å²) in [6, 6.07) is 17.4. The zero-order valence-corrected chi connectivity index (χ0v) is 14.9. The first-order valence-corrected chi connectivity index (χ1v) is 9.09. The first-order valence-electron chi connectivity index (χ1n) is 9.09. The summed E-state index contributed by atoms with van der Waals surface area (Å²) < 4.78 is 5.27. The number of aromatic nitrogens is 1. The second kappa shape index (κ2) is 7.58. The molecule has 1 aliphatic heterocycles. The van der Waals surface area contributed by atoms with Crippen LogP contribution in [0.1, 0.15) is 17.5 Å². The Bertz CT molecular complexity index is 994. The third kappa shape index (κ3) is 3.67. The number of ether oxygens (including phenoxy) is 1. The molecule has 0 unspecified atom stereocenters. The molecule has 2 aromatic carbocycles. The molecule has 3 aromatic rings. The fourth-order valence-electron chi connectivity index (χ4n) is 3.53. The molecule has 136 valence electrons. The highest BCUT2D eigenvalue weighted by molar-refractivity contribution is 5.96. The summed E-state index contributed by atoms with van der Waals surface area (Å²) in [5.74, 6) is -0.613. The summed E-state index contributed by atoms with van der Waals surface area (Å²) in [6.07, 6.45) is 3.68. The first kappa shape index (κ1) is 17.2. The number of hydrogen-bond acceptors (Lipinski definition) is 4. The quantitative estimate of drug-likeness (QED) is 0.670. The summed E-state index contributed by atoms with van der Waals surface area (Å²) in [5, 5.41) is 0.976. The van der Waals surface area contributed by atoms with E-state index in [4.69, 9.17) is 4.74 Å². The number of esters is 1. The minimum absolute atomic E-state index is 0.0955. The Balaban J connectivity index is 1.40. The van der Waals surface area contributed by atoms with Gasteiger partial charge in [-0.25, -0.2) is 0 Å². The molecule has 0 fully saturated rings. The lowest BCUT2D eigenvalue weighted by atomic mass is 10.0. The molecule has 2 heterocycles. The predicted molar refractivity (Wildman–Crippen MR) is 104 cm³/mol. The molecular weight excluding hydrogens is 340 g/mol. The Kier molecular flexibility index (Phi) is 4.83. The van der Waals surface area contributed by atoms with Crippen molar-refractivity contribution in [1.29, 1.82) is 0 Å². The van der Waals surface area contributed by atoms with Gasteiger partial charge in [0.25, 0.3) is 5.91 Å². The SMILES string of the molecule is O=C(Cc1cccc2cccnc12)OCC(=O)N1CCCc2ccccc21. The number of anilines is 1. The monoisotopic (exact) mass is 360 g/mol. The lowest BCUT2D eigenvalue weighted by Gasteiger charge is -2.29. The van der Waals surface area contributed by atoms with Gasteiger partial charge in [0, 0.05) is 23.8 Å². The molecule has 1 aromatic heterocycles. The first-order chi connectivity index (χ1) is 13.2. The van der Waals surface area contributed by atoms with E-state index in [-0.39, 0.29) is 18.9 Å². The van der Waals surface area contributed by atoms with Crippen molar-refractivity contribution >= 4 is 28.5 Å². The Morgan fingerprint density at radius 2 is 1.89 bits per heavy atom. The van der Waals surface area contributed by atoms with Crippen LogP contribution < -0.4 is 4.90 Å². The number of fused-ring (bicyclic) bond motifs is 2. The fraction of sp³-hybridized carbons (Fsp3) is 0.227. The second-order valence-electron chi connectivity index (χ2n) is 6.61. The highest BCUT2D eigenvalue weighted by Crippen LogP contribution is 2.26. The Morgan fingerprint density at radius 3 is 2.81 bits per heavy atom. The molecule has 0 spiro atoms. The maximum absolute atomic E-state index is 12.6. The van der Waals surface area contributed by atoms with E-state index >= 15 is 0 Å². The molecule has 27 heavy (non-hydrogen) atoms. The van der Waals surface area contributed by atoms with Gasteiger partial charge in [0.2, 0.25) is 0 Å². The lowest BCUT2D eigenvalue weighted by Crippen LogP contribution is -2.38. The average Bonchev–Trinajstić information content (AvgIpc) is 2.72. The molecule has 5 nitrogen and oxygen atoms in total. The van der Waals surface area contributed by atoms with Crippen LogP contribution in [0.3, 0.4) is 0 Å². The number of pyridine rings is 1. The van der Waals surface area contributed by atoms with Gasteiger partial charge in [0.1, 0.15) is 0 Å². The molecular formula is C22H20N2O3. The highest BCUT2D eigenvalue weighted by atomic mass is 16.5. The molecule has 5 heteroatoms. The van der Waals surface area contributed by atoms with Crippen LogP contribution in [-0.4, -0.2) is 30.0 Å². The Labute approximate surface area is 157 Å². The molecule has 0 atom stereocenters. The number of carbonyl (C=O) groups excluding carboxylic acids is 2. The number of carbonyl (C=O) groups is 2. The predicted octanol–water partition coefficient (Wildman–Crippen LogP) is 3.30. The minimum Gasteiger partial charge on any atom is -0.455 e. The van der Waals surface area contributed by atoms with Gasteiger partial charge in [-0.05, 0) is 36.1 Å². The third-order valence-electron chi connectivity index (χ3n) is 4.82. The van der Waals surface area contributed by atoms with E-state index in [0.29, 0.717) is 6.54 Å². The normalized spacial score (nSPS) is 13.3. The Hall–Kier alpha value is -3.21. The number of aryl methyl sites for hydroxylation is 1. The number of benzene rings is 2. The molecule has 0 saturated carbocycles. The zero-order valence-electron chi connectivity index (χ0n) is 14.9. The molecule has 1 amide bonds. The number of nitrogens with zero attached hydrogens (tertiary/aromatic N) is 2. The van der Waals surface area contributed by atoms with E-state index in [2.05, 4.69) is 4.98 Å². The average molecular weight is 360 g/mol. The van der Waals surface area contributed by atoms with Crippen molar-refractivity contribution in [2.75, 3.05) is 18.1 Å². The van der Waals surface area contributed by atoms with E-state index in [0.717, 1.165) is 40.6 Å². The van der Waals surface area contributed by atoms with Crippen molar-refractivity contribution in [2.24, 2.45) is 0 Å². The van der Waals surface area contributed by atoms with Crippen LogP contribution >= 0.6 is 0 Å². The van der Waals surface area contributed by atoms with Crippen molar-refractivity contribution in [2.45, 2.75) is 19.3 Å². The molecule has 4 rings (SSSR count). The van der Waals surface area contributed by atoms with Crippen LogP contribution in [0.25, 0.3) is 10.9 Å². The van der Waals surface area contributed by atoms with Gasteiger partial charge in [0.05, 0.1) is 11.9 Å². The number of para-hydroxylation sites is 2. The van der Waals surface area contributed by atoms with Crippen LogP contribution in [0.5, 0.6) is 0 Å². The van der Waals surface area contributed by atoms with Crippen molar-refractivity contribution in [1.82, 2.24) is 4.98 Å². The molecule has 0 N–H and O–H groups in total. The topological polar surface area (TPSA) is 59.5 Å². The molecule has 0 bridgehead atoms. The second-order valence-corrected chi connectivity index (χ2v) is 6.61. The lowest BCUT2D eigenvalue weighted by molar-refractivity contribution is -0.147. The van der Waals surface area contributed by atoms with Gasteiger partial charge in [0.15, 0.2) is 6.61 Å². The van der Waals surface area contributed by atoms with Gasteiger partial charge in [-0.15, -0.1) is 0 Å². The molecule has 0 saturated heterocycles. The summed E-state index contributed by atoms with van der Waals surface area (Å²) in [6.45, 7) is 0.409. The number of amides is 1. The van der Waals surface area contributed by atoms with Gasteiger partial charge in [-0.3, -0.25) is 14.6 Å². The molecule has 0 radical (unpaired) electrons. The fourth-order valence-corrected chi connectivity index (χ4v) is 3.53. The molecule has 1 aliphatic rings. The van der Waals surface area contributed by atoms with Crippen molar-refractivity contribution in [3.05, 3.63) is 71.9 Å². The van der Waals surface area contributed by atoms with Crippen LogP contribution in [0.2, 0.25) is 0 Å². The van der Waals surface area contributed by atoms with Crippen LogP contribution in [0, 0.1) is 0 Å². The van der Waals surface area contributed by atoms with Gasteiger partial charge < -0.3 is 9.64 Å². The third-order valence-corrected chi connectivity index (χ3v) is 4.82. The van der Waals surface area contributed by atoms with E-state index in [1.165, 1.54) is 0 Å². The number of rotatable bonds is 4. The maximum Gasteiger partial charge on any atom is 0.310 e. The van der Waals surface area contributed by atoms with E-state index in [1.807, 2.05) is 54.6 Å². The van der Waals surface area contributed by atoms with E-state index in [9.17, 15) is 9.59 Å². The van der Waals surface area contributed by atoms with Gasteiger partial charge in [-0.1, -0.05) is 42.5 Å². The van der Waals surface area contributed by atoms with Crippen LogP contribution in [0.4, 0.5) is 5.69 Å². The minimum atomic E-state index is -0.424. The molecule has 0 aliphatic carbocycles. The zero-order chi connectivity index (χ0) is 18.6. The highest BCUT2D eigenvalue weighted by Gasteiger charge is 2.23. The Morgan fingerprint density at radius 1 is 1.04 bits per heavy atom. The maximum atomic E-state index is 12.6. The number of hydrogen-bond donors (Lipinski definition) is 0. The smallest absolute Gasteiger partial charge is 0.310 e. The van der Waals surface area contributed by atoms with Gasteiger partial charge >= 0.3 is 5.97 Å². The van der Waals surface area contributed by atoms with Crippen molar-refractivity contribution in [3.63, 3.8) is 0 Å². The standard InChI is InChI=1S/C22H20N2O3/c25-20(24-13-5-10-16-6-1-2-11-19(16)24)15-27-21(26)14-18-8-3-7-17-9-4-12-23-22(17)18/h1-4,6-9,11-12H,5,10,13-15H2. The largest absolute Gasteiger partial charge is 0.455 e. The van der Waals surface area contributed by atoms with Gasteiger partial charge in [-0.2, -0.15) is 0 Å². The van der Waals surface area contributed by atoms with E-state index in [1.54, 1.807) is 11.1 Å². The van der Waals surface area contributed by atoms with Crippen LogP contribution in [-0.2, 0) is 27.2 Å². The summed E-state index contributed by atoms with van der Waals surface area (Å²) in [5.41, 5.74) is 3.66. The van der Waals surface area contributed by atoms with Crippen molar-refractivity contribution in [3.8, 4) is 0 Å². The van der Waals surface area contributed by atoms with Crippen LogP contribution in [0.15, 0.2) is 60.8 Å². The summed E-state index contributed by atoms with van der Waals surface area (Å²) in [4.78, 5) is 30.9. The van der Waals surface area contributed by atoms with Crippen molar-refractivity contribution < 1.29 is 14.3 Å². The van der Waals surface area contributed by atoms with E-state index < -0.39 is 5.97 Å². The summed E-state index contributed by atoms with van der Waals surface area (Å²) in [7, 11) is 0.